The zero-order valence-electron chi connectivity index (χ0n) is 11.5. The predicted molar refractivity (Wildman–Crippen MR) is 73.5 cm³/mol. The number of aliphatic carboxylic acids is 1. The minimum atomic E-state index is -3.13. The number of alkyl halides is 2. The lowest BCUT2D eigenvalue weighted by Crippen LogP contribution is -2.41. The first-order valence-electron chi connectivity index (χ1n) is 6.12. The number of nitrogens with one attached hydrogen (secondary N) is 1. The maximum Gasteiger partial charge on any atom is 0.387 e. The van der Waals surface area contributed by atoms with Gasteiger partial charge in [-0.05, 0) is 18.2 Å². The molecule has 0 saturated carbocycles. The maximum atomic E-state index is 12.3. The highest BCUT2D eigenvalue weighted by Crippen LogP contribution is 2.24. The molecule has 9 heteroatoms. The van der Waals surface area contributed by atoms with E-state index in [9.17, 15) is 18.4 Å². The number of ether oxygens (including phenoxy) is 2. The van der Waals surface area contributed by atoms with Crippen molar-refractivity contribution in [1.82, 2.24) is 5.32 Å². The Bertz CT molecular complexity index is 541. The van der Waals surface area contributed by atoms with Crippen molar-refractivity contribution in [2.24, 2.45) is 0 Å². The second kappa shape index (κ2) is 8.50. The van der Waals surface area contributed by atoms with Gasteiger partial charge in [0.2, 0.25) is 0 Å². The molecule has 0 spiro atoms. The second-order valence-corrected chi connectivity index (χ2v) is 4.60. The van der Waals surface area contributed by atoms with Gasteiger partial charge >= 0.3 is 12.6 Å². The van der Waals surface area contributed by atoms with Crippen LogP contribution in [0.2, 0.25) is 5.02 Å². The highest BCUT2D eigenvalue weighted by Gasteiger charge is 2.23. The molecule has 0 aliphatic heterocycles. The van der Waals surface area contributed by atoms with E-state index in [0.29, 0.717) is 0 Å². The molecule has 2 N–H and O–H groups in total. The average molecular weight is 338 g/mol. The Labute approximate surface area is 130 Å². The number of carbonyl (C=O) groups is 2. The molecular weight excluding hydrogens is 324 g/mol. The van der Waals surface area contributed by atoms with Gasteiger partial charge in [-0.2, -0.15) is 8.78 Å². The van der Waals surface area contributed by atoms with Gasteiger partial charge in [-0.15, -0.1) is 0 Å². The van der Waals surface area contributed by atoms with E-state index in [1.807, 2.05) is 0 Å². The second-order valence-electron chi connectivity index (χ2n) is 4.16. The number of methoxy groups -OCH3 is 1. The third-order valence-electron chi connectivity index (χ3n) is 2.62. The standard InChI is InChI=1S/C13H14ClF2NO5/c1-21-5-4-9(12(19)20)17-11(18)8-6-7(14)2-3-10(8)22-13(15)16/h2-3,6,9,13H,4-5H2,1H3,(H,17,18)(H,19,20). The van der Waals surface area contributed by atoms with Crippen molar-refractivity contribution in [2.75, 3.05) is 13.7 Å². The van der Waals surface area contributed by atoms with Crippen LogP contribution in [0.4, 0.5) is 8.78 Å². The first-order chi connectivity index (χ1) is 10.3. The molecule has 0 aromatic heterocycles. The summed E-state index contributed by atoms with van der Waals surface area (Å²) in [6.07, 6.45) is 0.0170. The van der Waals surface area contributed by atoms with Crippen molar-refractivity contribution in [2.45, 2.75) is 19.1 Å². The van der Waals surface area contributed by atoms with Crippen LogP contribution in [0.5, 0.6) is 5.75 Å². The van der Waals surface area contributed by atoms with Crippen LogP contribution in [0.25, 0.3) is 0 Å². The number of carboxylic acid groups (broad SMARTS) is 1. The monoisotopic (exact) mass is 337 g/mol. The molecule has 0 saturated heterocycles. The number of carboxylic acids is 1. The fourth-order valence-corrected chi connectivity index (χ4v) is 1.78. The Hall–Kier alpha value is -1.93. The van der Waals surface area contributed by atoms with Crippen LogP contribution < -0.4 is 10.1 Å². The van der Waals surface area contributed by atoms with Gasteiger partial charge in [0, 0.05) is 25.2 Å². The van der Waals surface area contributed by atoms with Crippen LogP contribution >= 0.6 is 11.6 Å². The van der Waals surface area contributed by atoms with E-state index in [2.05, 4.69) is 10.1 Å². The van der Waals surface area contributed by atoms with Gasteiger partial charge in [0.1, 0.15) is 11.8 Å². The molecule has 1 aromatic rings. The normalized spacial score (nSPS) is 12.0. The number of hydrogen-bond donors (Lipinski definition) is 2. The van der Waals surface area contributed by atoms with Crippen molar-refractivity contribution >= 4 is 23.5 Å². The fraction of sp³-hybridized carbons (Fsp3) is 0.385. The van der Waals surface area contributed by atoms with Gasteiger partial charge in [0.05, 0.1) is 5.56 Å². The number of benzene rings is 1. The highest BCUT2D eigenvalue weighted by molar-refractivity contribution is 6.31. The third-order valence-corrected chi connectivity index (χ3v) is 2.85. The van der Waals surface area contributed by atoms with Crippen molar-refractivity contribution in [3.05, 3.63) is 28.8 Å². The summed E-state index contributed by atoms with van der Waals surface area (Å²) in [5, 5.41) is 11.3. The van der Waals surface area contributed by atoms with E-state index < -0.39 is 30.3 Å². The van der Waals surface area contributed by atoms with E-state index in [-0.39, 0.29) is 23.6 Å². The van der Waals surface area contributed by atoms with E-state index in [4.69, 9.17) is 21.4 Å². The van der Waals surface area contributed by atoms with Crippen LogP contribution in [0.15, 0.2) is 18.2 Å². The van der Waals surface area contributed by atoms with Crippen LogP contribution in [0.1, 0.15) is 16.8 Å². The quantitative estimate of drug-likeness (QED) is 0.759. The zero-order chi connectivity index (χ0) is 16.7. The molecule has 0 radical (unpaired) electrons. The Balaban J connectivity index is 2.95. The van der Waals surface area contributed by atoms with E-state index >= 15 is 0 Å². The molecular formula is C13H14ClF2NO5. The summed E-state index contributed by atoms with van der Waals surface area (Å²) in [7, 11) is 1.38. The molecule has 0 bridgehead atoms. The predicted octanol–water partition coefficient (Wildman–Crippen LogP) is 2.16. The number of halogens is 3. The Kier molecular flexibility index (Phi) is 7.00. The average Bonchev–Trinajstić information content (AvgIpc) is 2.44. The third kappa shape index (κ3) is 5.45. The minimum absolute atomic E-state index is 0.0170. The first-order valence-corrected chi connectivity index (χ1v) is 6.50. The van der Waals surface area contributed by atoms with Crippen molar-refractivity contribution in [3.63, 3.8) is 0 Å². The lowest BCUT2D eigenvalue weighted by Gasteiger charge is -2.16. The minimum Gasteiger partial charge on any atom is -0.480 e. The Morgan fingerprint density at radius 2 is 2.09 bits per heavy atom. The molecule has 1 amide bonds. The molecule has 1 aromatic carbocycles. The largest absolute Gasteiger partial charge is 0.480 e. The molecule has 122 valence electrons. The first kappa shape index (κ1) is 18.1. The number of hydrogen-bond acceptors (Lipinski definition) is 4. The topological polar surface area (TPSA) is 84.9 Å². The van der Waals surface area contributed by atoms with Gasteiger partial charge in [-0.1, -0.05) is 11.6 Å². The zero-order valence-corrected chi connectivity index (χ0v) is 12.3. The lowest BCUT2D eigenvalue weighted by molar-refractivity contribution is -0.139. The molecule has 1 atom stereocenters. The van der Waals surface area contributed by atoms with Crippen molar-refractivity contribution < 1.29 is 33.0 Å². The van der Waals surface area contributed by atoms with Gasteiger partial charge in [0.15, 0.2) is 0 Å². The molecule has 0 fully saturated rings. The van der Waals surface area contributed by atoms with Gasteiger partial charge in [-0.25, -0.2) is 4.79 Å². The number of amides is 1. The molecule has 6 nitrogen and oxygen atoms in total. The summed E-state index contributed by atoms with van der Waals surface area (Å²) >= 11 is 5.72. The number of rotatable bonds is 8. The Morgan fingerprint density at radius 1 is 1.41 bits per heavy atom. The van der Waals surface area contributed by atoms with Crippen LogP contribution in [-0.2, 0) is 9.53 Å². The lowest BCUT2D eigenvalue weighted by atomic mass is 10.1. The summed E-state index contributed by atoms with van der Waals surface area (Å²) < 4.78 is 33.6. The van der Waals surface area contributed by atoms with Crippen LogP contribution in [0.3, 0.4) is 0 Å². The number of carbonyl (C=O) groups excluding carboxylic acids is 1. The fourth-order valence-electron chi connectivity index (χ4n) is 1.61. The van der Waals surface area contributed by atoms with Gasteiger partial charge < -0.3 is 19.9 Å². The molecule has 22 heavy (non-hydrogen) atoms. The smallest absolute Gasteiger partial charge is 0.387 e. The van der Waals surface area contributed by atoms with Crippen molar-refractivity contribution in [1.29, 1.82) is 0 Å². The Morgan fingerprint density at radius 3 is 2.64 bits per heavy atom. The van der Waals surface area contributed by atoms with E-state index in [1.165, 1.54) is 13.2 Å². The molecule has 0 aliphatic rings. The SMILES string of the molecule is COCCC(NC(=O)c1cc(Cl)ccc1OC(F)F)C(=O)O. The van der Waals surface area contributed by atoms with Gasteiger partial charge in [-0.3, -0.25) is 4.79 Å². The summed E-state index contributed by atoms with van der Waals surface area (Å²) in [6, 6.07) is 2.26. The van der Waals surface area contributed by atoms with E-state index in [0.717, 1.165) is 12.1 Å². The maximum absolute atomic E-state index is 12.3. The summed E-state index contributed by atoms with van der Waals surface area (Å²) in [6.45, 7) is -3.02. The van der Waals surface area contributed by atoms with Crippen LogP contribution in [0, 0.1) is 0 Å². The highest BCUT2D eigenvalue weighted by atomic mass is 35.5. The van der Waals surface area contributed by atoms with Crippen molar-refractivity contribution in [3.8, 4) is 5.75 Å². The summed E-state index contributed by atoms with van der Waals surface area (Å²) in [4.78, 5) is 23.1. The van der Waals surface area contributed by atoms with Gasteiger partial charge in [0.25, 0.3) is 5.91 Å². The molecule has 1 rings (SSSR count). The van der Waals surface area contributed by atoms with Crippen LogP contribution in [-0.4, -0.2) is 43.4 Å². The molecule has 1 unspecified atom stereocenters. The molecule has 0 aliphatic carbocycles. The summed E-state index contributed by atoms with van der Waals surface area (Å²) in [5.74, 6) is -2.56. The van der Waals surface area contributed by atoms with E-state index in [1.54, 1.807) is 0 Å². The summed E-state index contributed by atoms with van der Waals surface area (Å²) in [5.41, 5.74) is -0.281. The molecule has 0 heterocycles.